The molecule has 1 aliphatic rings. The number of H-pyrrole nitrogens is 1. The number of Topliss-reactive ketones (excluding diaryl/α,β-unsaturated/α-hetero) is 1. The highest BCUT2D eigenvalue weighted by molar-refractivity contribution is 6.03. The van der Waals surface area contributed by atoms with Crippen LogP contribution in [0.15, 0.2) is 18.2 Å². The number of ether oxygens (including phenoxy) is 1. The Morgan fingerprint density at radius 3 is 2.95 bits per heavy atom. The lowest BCUT2D eigenvalue weighted by molar-refractivity contribution is 0.0968. The molecule has 3 rings (SSSR count). The molecule has 0 bridgehead atoms. The van der Waals surface area contributed by atoms with E-state index >= 15 is 0 Å². The number of carbonyl (C=O) groups excluding carboxylic acids is 1. The summed E-state index contributed by atoms with van der Waals surface area (Å²) in [6.07, 6.45) is 2.60. The molecule has 0 unspecified atom stereocenters. The molecule has 1 aromatic carbocycles. The molecular formula is C16H19NO2. The van der Waals surface area contributed by atoms with Gasteiger partial charge in [-0.25, -0.2) is 0 Å². The van der Waals surface area contributed by atoms with Crippen molar-refractivity contribution < 1.29 is 9.53 Å². The summed E-state index contributed by atoms with van der Waals surface area (Å²) in [7, 11) is 0. The second-order valence-electron chi connectivity index (χ2n) is 5.67. The number of benzene rings is 1. The first-order valence-electron chi connectivity index (χ1n) is 6.96. The molecule has 1 heterocycles. The van der Waals surface area contributed by atoms with Crippen LogP contribution in [0.25, 0.3) is 10.9 Å². The summed E-state index contributed by atoms with van der Waals surface area (Å²) < 4.78 is 5.76. The lowest BCUT2D eigenvalue weighted by atomic mass is 9.95. The van der Waals surface area contributed by atoms with Crippen LogP contribution in [-0.2, 0) is 6.42 Å². The van der Waals surface area contributed by atoms with Gasteiger partial charge in [-0.3, -0.25) is 4.79 Å². The van der Waals surface area contributed by atoms with E-state index in [2.05, 4.69) is 24.9 Å². The fraction of sp³-hybridized carbons (Fsp3) is 0.438. The third-order valence-corrected chi connectivity index (χ3v) is 3.57. The Balaban J connectivity index is 2.00. The standard InChI is InChI=1S/C16H19NO2/c1-10(2)9-19-11-6-7-14-13(8-11)12-4-3-5-15(18)16(12)17-14/h6-8,10,17H,3-5,9H2,1-2H3. The molecule has 0 saturated heterocycles. The number of aromatic nitrogens is 1. The van der Waals surface area contributed by atoms with E-state index in [0.29, 0.717) is 12.3 Å². The van der Waals surface area contributed by atoms with Crippen LogP contribution < -0.4 is 4.74 Å². The lowest BCUT2D eigenvalue weighted by Crippen LogP contribution is -2.09. The average Bonchev–Trinajstić information content (AvgIpc) is 2.76. The maximum atomic E-state index is 11.9. The molecule has 1 N–H and O–H groups in total. The van der Waals surface area contributed by atoms with Gasteiger partial charge in [0.2, 0.25) is 0 Å². The Hall–Kier alpha value is -1.77. The molecule has 3 heteroatoms. The zero-order valence-electron chi connectivity index (χ0n) is 11.5. The minimum Gasteiger partial charge on any atom is -0.493 e. The maximum Gasteiger partial charge on any atom is 0.179 e. The summed E-state index contributed by atoms with van der Waals surface area (Å²) in [5.41, 5.74) is 3.01. The van der Waals surface area contributed by atoms with Crippen molar-refractivity contribution in [1.82, 2.24) is 4.98 Å². The van der Waals surface area contributed by atoms with E-state index in [1.165, 1.54) is 5.56 Å². The van der Waals surface area contributed by atoms with Gasteiger partial charge in [0.05, 0.1) is 12.3 Å². The lowest BCUT2D eigenvalue weighted by Gasteiger charge is -2.11. The van der Waals surface area contributed by atoms with E-state index in [1.807, 2.05) is 12.1 Å². The van der Waals surface area contributed by atoms with Crippen LogP contribution in [0.5, 0.6) is 5.75 Å². The van der Waals surface area contributed by atoms with Crippen molar-refractivity contribution in [3.8, 4) is 5.75 Å². The van der Waals surface area contributed by atoms with E-state index in [1.54, 1.807) is 0 Å². The van der Waals surface area contributed by atoms with Crippen LogP contribution >= 0.6 is 0 Å². The quantitative estimate of drug-likeness (QED) is 0.910. The van der Waals surface area contributed by atoms with Gasteiger partial charge in [-0.1, -0.05) is 13.8 Å². The Bertz CT molecular complexity index is 625. The van der Waals surface area contributed by atoms with E-state index in [0.717, 1.165) is 41.8 Å². The Morgan fingerprint density at radius 1 is 1.32 bits per heavy atom. The molecule has 0 amide bonds. The monoisotopic (exact) mass is 257 g/mol. The number of hydrogen-bond donors (Lipinski definition) is 1. The van der Waals surface area contributed by atoms with Crippen molar-refractivity contribution in [2.45, 2.75) is 33.1 Å². The van der Waals surface area contributed by atoms with E-state index < -0.39 is 0 Å². The number of aromatic amines is 1. The third-order valence-electron chi connectivity index (χ3n) is 3.57. The number of nitrogens with one attached hydrogen (secondary N) is 1. The molecule has 100 valence electrons. The van der Waals surface area contributed by atoms with Gasteiger partial charge in [0.25, 0.3) is 0 Å². The van der Waals surface area contributed by atoms with Crippen LogP contribution in [-0.4, -0.2) is 17.4 Å². The Kier molecular flexibility index (Phi) is 3.05. The summed E-state index contributed by atoms with van der Waals surface area (Å²) in [5, 5.41) is 1.14. The molecule has 0 spiro atoms. The molecule has 2 aromatic rings. The van der Waals surface area contributed by atoms with Crippen molar-refractivity contribution in [2.24, 2.45) is 5.92 Å². The highest BCUT2D eigenvalue weighted by Gasteiger charge is 2.21. The molecule has 0 fully saturated rings. The fourth-order valence-electron chi connectivity index (χ4n) is 2.63. The van der Waals surface area contributed by atoms with Gasteiger partial charge >= 0.3 is 0 Å². The second-order valence-corrected chi connectivity index (χ2v) is 5.67. The molecule has 1 aliphatic carbocycles. The summed E-state index contributed by atoms with van der Waals surface area (Å²) >= 11 is 0. The number of hydrogen-bond acceptors (Lipinski definition) is 2. The largest absolute Gasteiger partial charge is 0.493 e. The topological polar surface area (TPSA) is 42.1 Å². The molecule has 0 aliphatic heterocycles. The fourth-order valence-corrected chi connectivity index (χ4v) is 2.63. The maximum absolute atomic E-state index is 11.9. The van der Waals surface area contributed by atoms with Gasteiger partial charge in [-0.05, 0) is 42.5 Å². The summed E-state index contributed by atoms with van der Waals surface area (Å²) in [6, 6.07) is 6.04. The van der Waals surface area contributed by atoms with Crippen LogP contribution in [0.3, 0.4) is 0 Å². The van der Waals surface area contributed by atoms with E-state index in [9.17, 15) is 4.79 Å². The van der Waals surface area contributed by atoms with Crippen molar-refractivity contribution in [1.29, 1.82) is 0 Å². The smallest absolute Gasteiger partial charge is 0.179 e. The van der Waals surface area contributed by atoms with Crippen LogP contribution in [0, 0.1) is 5.92 Å². The van der Waals surface area contributed by atoms with Gasteiger partial charge in [0, 0.05) is 17.3 Å². The number of rotatable bonds is 3. The summed E-state index contributed by atoms with van der Waals surface area (Å²) in [4.78, 5) is 15.1. The summed E-state index contributed by atoms with van der Waals surface area (Å²) in [6.45, 7) is 4.99. The number of fused-ring (bicyclic) bond motifs is 3. The summed E-state index contributed by atoms with van der Waals surface area (Å²) in [5.74, 6) is 1.64. The minimum atomic E-state index is 0.238. The molecule has 3 nitrogen and oxygen atoms in total. The van der Waals surface area contributed by atoms with E-state index in [-0.39, 0.29) is 5.78 Å². The zero-order chi connectivity index (χ0) is 13.4. The first-order valence-corrected chi connectivity index (χ1v) is 6.96. The van der Waals surface area contributed by atoms with Gasteiger partial charge in [-0.15, -0.1) is 0 Å². The second kappa shape index (κ2) is 4.72. The first-order chi connectivity index (χ1) is 9.15. The van der Waals surface area contributed by atoms with Gasteiger partial charge in [0.15, 0.2) is 5.78 Å². The predicted octanol–water partition coefficient (Wildman–Crippen LogP) is 3.72. The molecule has 19 heavy (non-hydrogen) atoms. The first kappa shape index (κ1) is 12.3. The normalized spacial score (nSPS) is 15.0. The van der Waals surface area contributed by atoms with Crippen molar-refractivity contribution in [3.63, 3.8) is 0 Å². The molecular weight excluding hydrogens is 238 g/mol. The third kappa shape index (κ3) is 2.25. The molecule has 0 atom stereocenters. The highest BCUT2D eigenvalue weighted by atomic mass is 16.5. The van der Waals surface area contributed by atoms with E-state index in [4.69, 9.17) is 4.74 Å². The van der Waals surface area contributed by atoms with Gasteiger partial charge < -0.3 is 9.72 Å². The van der Waals surface area contributed by atoms with Crippen molar-refractivity contribution in [3.05, 3.63) is 29.5 Å². The average molecular weight is 257 g/mol. The molecule has 0 radical (unpaired) electrons. The molecule has 0 saturated carbocycles. The van der Waals surface area contributed by atoms with Crippen molar-refractivity contribution >= 4 is 16.7 Å². The Labute approximate surface area is 113 Å². The van der Waals surface area contributed by atoms with Crippen molar-refractivity contribution in [2.75, 3.05) is 6.61 Å². The minimum absolute atomic E-state index is 0.238. The Morgan fingerprint density at radius 2 is 2.16 bits per heavy atom. The number of aryl methyl sites for hydroxylation is 1. The zero-order valence-corrected chi connectivity index (χ0v) is 11.5. The SMILES string of the molecule is CC(C)COc1ccc2[nH]c3c(c2c1)CCCC3=O. The van der Waals surface area contributed by atoms with Crippen LogP contribution in [0.1, 0.15) is 42.7 Å². The highest BCUT2D eigenvalue weighted by Crippen LogP contribution is 2.31. The van der Waals surface area contributed by atoms with Crippen LogP contribution in [0.4, 0.5) is 0 Å². The number of ketones is 1. The van der Waals surface area contributed by atoms with Gasteiger partial charge in [-0.2, -0.15) is 0 Å². The van der Waals surface area contributed by atoms with Gasteiger partial charge in [0.1, 0.15) is 5.75 Å². The predicted molar refractivity (Wildman–Crippen MR) is 75.9 cm³/mol. The van der Waals surface area contributed by atoms with Crippen LogP contribution in [0.2, 0.25) is 0 Å². The number of carbonyl (C=O) groups is 1. The molecule has 1 aromatic heterocycles.